The second kappa shape index (κ2) is 7.11. The Labute approximate surface area is 149 Å². The number of hydrogen-bond donors (Lipinski definition) is 1. The number of carbonyl (C=O) groups is 1. The fourth-order valence-electron chi connectivity index (χ4n) is 2.84. The number of nitrogens with zero attached hydrogens (tertiary/aromatic N) is 4. The van der Waals surface area contributed by atoms with Crippen molar-refractivity contribution in [2.75, 3.05) is 0 Å². The van der Waals surface area contributed by atoms with Gasteiger partial charge in [-0.15, -0.1) is 0 Å². The molecule has 2 heterocycles. The molecule has 1 amide bonds. The van der Waals surface area contributed by atoms with Crippen LogP contribution in [-0.4, -0.2) is 25.5 Å². The van der Waals surface area contributed by atoms with E-state index in [9.17, 15) is 13.6 Å². The van der Waals surface area contributed by atoms with Crippen molar-refractivity contribution >= 4 is 17.5 Å². The van der Waals surface area contributed by atoms with Crippen LogP contribution >= 0.6 is 11.6 Å². The van der Waals surface area contributed by atoms with Crippen molar-refractivity contribution in [1.82, 2.24) is 24.9 Å². The van der Waals surface area contributed by atoms with Gasteiger partial charge in [-0.2, -0.15) is 10.2 Å². The van der Waals surface area contributed by atoms with Gasteiger partial charge in [-0.1, -0.05) is 11.6 Å². The summed E-state index contributed by atoms with van der Waals surface area (Å²) in [5.41, 5.74) is 2.01. The number of aryl methyl sites for hydroxylation is 1. The van der Waals surface area contributed by atoms with Crippen LogP contribution in [-0.2, 0) is 24.4 Å². The van der Waals surface area contributed by atoms with Crippen LogP contribution in [0.4, 0.5) is 8.78 Å². The number of amides is 1. The topological polar surface area (TPSA) is 64.7 Å². The van der Waals surface area contributed by atoms with E-state index in [-0.39, 0.29) is 23.4 Å². The maximum atomic E-state index is 13.0. The van der Waals surface area contributed by atoms with Crippen LogP contribution in [0.1, 0.15) is 54.8 Å². The quantitative estimate of drug-likeness (QED) is 0.812. The third kappa shape index (κ3) is 3.68. The fourth-order valence-corrected chi connectivity index (χ4v) is 3.21. The Bertz CT molecular complexity index is 782. The van der Waals surface area contributed by atoms with Gasteiger partial charge < -0.3 is 5.32 Å². The third-order valence-electron chi connectivity index (χ3n) is 4.40. The molecule has 2 aromatic heterocycles. The van der Waals surface area contributed by atoms with E-state index in [1.54, 1.807) is 6.20 Å². The molecule has 9 heteroatoms. The normalized spacial score (nSPS) is 14.3. The van der Waals surface area contributed by atoms with Gasteiger partial charge in [0.1, 0.15) is 12.2 Å². The number of alkyl halides is 2. The Balaban J connectivity index is 1.68. The summed E-state index contributed by atoms with van der Waals surface area (Å²) in [4.78, 5) is 12.2. The van der Waals surface area contributed by atoms with Crippen molar-refractivity contribution in [3.8, 4) is 0 Å². The Morgan fingerprint density at radius 1 is 1.44 bits per heavy atom. The summed E-state index contributed by atoms with van der Waals surface area (Å²) in [6.45, 7) is 4.89. The summed E-state index contributed by atoms with van der Waals surface area (Å²) in [5, 5.41) is 10.9. The van der Waals surface area contributed by atoms with Gasteiger partial charge >= 0.3 is 0 Å². The summed E-state index contributed by atoms with van der Waals surface area (Å²) >= 11 is 6.05. The highest BCUT2D eigenvalue weighted by Gasteiger charge is 2.34. The molecule has 0 aliphatic heterocycles. The number of hydrogen-bond acceptors (Lipinski definition) is 3. The monoisotopic (exact) mass is 371 g/mol. The lowest BCUT2D eigenvalue weighted by molar-refractivity contribution is -0.122. The first-order valence-electron chi connectivity index (χ1n) is 8.24. The van der Waals surface area contributed by atoms with E-state index >= 15 is 0 Å². The maximum absolute atomic E-state index is 13.0. The molecule has 1 aliphatic rings. The smallest absolute Gasteiger partial charge is 0.283 e. The highest BCUT2D eigenvalue weighted by Crippen LogP contribution is 2.45. The molecular weight excluding hydrogens is 352 g/mol. The van der Waals surface area contributed by atoms with Crippen LogP contribution in [0.5, 0.6) is 0 Å². The van der Waals surface area contributed by atoms with Gasteiger partial charge in [0.25, 0.3) is 6.43 Å². The average molecular weight is 372 g/mol. The van der Waals surface area contributed by atoms with Crippen molar-refractivity contribution < 1.29 is 13.6 Å². The van der Waals surface area contributed by atoms with Crippen LogP contribution in [0.15, 0.2) is 6.20 Å². The molecule has 0 unspecified atom stereocenters. The van der Waals surface area contributed by atoms with Crippen molar-refractivity contribution in [3.63, 3.8) is 0 Å². The van der Waals surface area contributed by atoms with Gasteiger partial charge in [-0.25, -0.2) is 8.78 Å². The minimum atomic E-state index is -2.75. The van der Waals surface area contributed by atoms with Crippen molar-refractivity contribution in [2.45, 2.75) is 58.7 Å². The van der Waals surface area contributed by atoms with Gasteiger partial charge in [0.15, 0.2) is 0 Å². The summed E-state index contributed by atoms with van der Waals surface area (Å²) in [5.74, 6) is -0.184. The fraction of sp³-hybridized carbons (Fsp3) is 0.562. The van der Waals surface area contributed by atoms with Crippen molar-refractivity contribution in [1.29, 1.82) is 0 Å². The standard InChI is InChI=1S/C16H20ClF2N5O/c1-3-23-9(2)11(7-21-23)6-20-12(25)8-24-15(10-4-5-10)13(17)14(22-24)16(18)19/h7,10,16H,3-6,8H2,1-2H3,(H,20,25). The zero-order valence-electron chi connectivity index (χ0n) is 14.1. The summed E-state index contributed by atoms with van der Waals surface area (Å²) in [7, 11) is 0. The molecular formula is C16H20ClF2N5O. The van der Waals surface area contributed by atoms with E-state index in [1.165, 1.54) is 4.68 Å². The highest BCUT2D eigenvalue weighted by molar-refractivity contribution is 6.32. The van der Waals surface area contributed by atoms with Crippen LogP contribution in [0.3, 0.4) is 0 Å². The molecule has 1 N–H and O–H groups in total. The first-order chi connectivity index (χ1) is 11.9. The molecule has 25 heavy (non-hydrogen) atoms. The number of aromatic nitrogens is 4. The lowest BCUT2D eigenvalue weighted by atomic mass is 10.2. The Kier molecular flexibility index (Phi) is 5.08. The van der Waals surface area contributed by atoms with E-state index in [0.717, 1.165) is 30.6 Å². The molecule has 0 bridgehead atoms. The molecule has 6 nitrogen and oxygen atoms in total. The average Bonchev–Trinajstić information content (AvgIpc) is 3.25. The predicted molar refractivity (Wildman–Crippen MR) is 88.7 cm³/mol. The molecule has 136 valence electrons. The van der Waals surface area contributed by atoms with E-state index in [4.69, 9.17) is 11.6 Å². The van der Waals surface area contributed by atoms with Gasteiger partial charge in [0.05, 0.1) is 16.9 Å². The molecule has 1 saturated carbocycles. The molecule has 0 atom stereocenters. The Morgan fingerprint density at radius 3 is 2.72 bits per heavy atom. The molecule has 2 aromatic rings. The van der Waals surface area contributed by atoms with Gasteiger partial charge in [-0.05, 0) is 26.7 Å². The van der Waals surface area contributed by atoms with Gasteiger partial charge in [0, 0.05) is 30.3 Å². The summed E-state index contributed by atoms with van der Waals surface area (Å²) < 4.78 is 29.2. The SMILES string of the molecule is CCn1ncc(CNC(=O)Cn2nc(C(F)F)c(Cl)c2C2CC2)c1C. The number of nitrogens with one attached hydrogen (secondary N) is 1. The van der Waals surface area contributed by atoms with Crippen LogP contribution in [0.25, 0.3) is 0 Å². The second-order valence-electron chi connectivity index (χ2n) is 6.16. The van der Waals surface area contributed by atoms with Crippen LogP contribution < -0.4 is 5.32 Å². The molecule has 0 radical (unpaired) electrons. The van der Waals surface area contributed by atoms with Crippen molar-refractivity contribution in [3.05, 3.63) is 33.9 Å². The van der Waals surface area contributed by atoms with Crippen molar-refractivity contribution in [2.24, 2.45) is 0 Å². The second-order valence-corrected chi connectivity index (χ2v) is 6.54. The Morgan fingerprint density at radius 2 is 2.16 bits per heavy atom. The van der Waals surface area contributed by atoms with E-state index in [0.29, 0.717) is 12.2 Å². The molecule has 3 rings (SSSR count). The number of carbonyl (C=O) groups excluding carboxylic acids is 1. The highest BCUT2D eigenvalue weighted by atomic mass is 35.5. The van der Waals surface area contributed by atoms with E-state index in [2.05, 4.69) is 15.5 Å². The minimum Gasteiger partial charge on any atom is -0.350 e. The molecule has 1 fully saturated rings. The largest absolute Gasteiger partial charge is 0.350 e. The van der Waals surface area contributed by atoms with E-state index < -0.39 is 12.1 Å². The molecule has 0 saturated heterocycles. The zero-order chi connectivity index (χ0) is 18.1. The lowest BCUT2D eigenvalue weighted by Crippen LogP contribution is -2.28. The lowest BCUT2D eigenvalue weighted by Gasteiger charge is -2.08. The van der Waals surface area contributed by atoms with Crippen LogP contribution in [0, 0.1) is 6.92 Å². The summed E-state index contributed by atoms with van der Waals surface area (Å²) in [6, 6.07) is 0. The summed E-state index contributed by atoms with van der Waals surface area (Å²) in [6.07, 6.45) is 0.724. The first-order valence-corrected chi connectivity index (χ1v) is 8.62. The van der Waals surface area contributed by atoms with Crippen LogP contribution in [0.2, 0.25) is 5.02 Å². The number of rotatable bonds is 7. The van der Waals surface area contributed by atoms with Gasteiger partial charge in [-0.3, -0.25) is 14.2 Å². The third-order valence-corrected chi connectivity index (χ3v) is 4.79. The molecule has 0 spiro atoms. The first kappa shape index (κ1) is 17.8. The number of halogens is 3. The maximum Gasteiger partial charge on any atom is 0.283 e. The van der Waals surface area contributed by atoms with Gasteiger partial charge in [0.2, 0.25) is 5.91 Å². The molecule has 1 aliphatic carbocycles. The zero-order valence-corrected chi connectivity index (χ0v) is 14.9. The molecule has 0 aromatic carbocycles. The minimum absolute atomic E-state index is 0.00892. The predicted octanol–water partition coefficient (Wildman–Crippen LogP) is 3.19. The van der Waals surface area contributed by atoms with E-state index in [1.807, 2.05) is 18.5 Å². The Hall–Kier alpha value is -1.96.